The molecule has 1 aromatic carbocycles. The largest absolute Gasteiger partial charge is 0.126 e. The topological polar surface area (TPSA) is 0 Å². The summed E-state index contributed by atoms with van der Waals surface area (Å²) in [6, 6.07) is 2.39. The number of rotatable bonds is 2. The van der Waals surface area contributed by atoms with E-state index < -0.39 is 0 Å². The van der Waals surface area contributed by atoms with Gasteiger partial charge in [0.1, 0.15) is 0 Å². The van der Waals surface area contributed by atoms with E-state index in [2.05, 4.69) is 33.8 Å². The van der Waals surface area contributed by atoms with E-state index in [-0.39, 0.29) is 0 Å². The predicted molar refractivity (Wildman–Crippen MR) is 71.5 cm³/mol. The molecule has 0 bridgehead atoms. The number of alkyl halides is 1. The molecular formula is C15H21Cl. The maximum atomic E-state index is 5.89. The van der Waals surface area contributed by atoms with Gasteiger partial charge >= 0.3 is 0 Å². The van der Waals surface area contributed by atoms with Crippen molar-refractivity contribution in [1.29, 1.82) is 0 Å². The number of fused-ring (bicyclic) bond motifs is 1. The van der Waals surface area contributed by atoms with Gasteiger partial charge < -0.3 is 0 Å². The van der Waals surface area contributed by atoms with Crippen LogP contribution in [0, 0.1) is 19.3 Å². The first-order valence-electron chi connectivity index (χ1n) is 6.11. The van der Waals surface area contributed by atoms with Crippen molar-refractivity contribution in [3.05, 3.63) is 33.9 Å². The van der Waals surface area contributed by atoms with Crippen LogP contribution < -0.4 is 0 Å². The first kappa shape index (κ1) is 12.0. The van der Waals surface area contributed by atoms with E-state index in [1.807, 2.05) is 0 Å². The van der Waals surface area contributed by atoms with Gasteiger partial charge in [-0.05, 0) is 66.3 Å². The van der Waals surface area contributed by atoms with Gasteiger partial charge in [0.2, 0.25) is 0 Å². The van der Waals surface area contributed by atoms with E-state index >= 15 is 0 Å². The highest BCUT2D eigenvalue weighted by Gasteiger charge is 2.30. The van der Waals surface area contributed by atoms with Crippen molar-refractivity contribution in [3.63, 3.8) is 0 Å². The van der Waals surface area contributed by atoms with Gasteiger partial charge in [0, 0.05) is 5.88 Å². The third-order valence-corrected chi connectivity index (χ3v) is 4.02. The monoisotopic (exact) mass is 236 g/mol. The Kier molecular flexibility index (Phi) is 3.05. The molecule has 1 aromatic rings. The molecule has 0 aromatic heterocycles. The minimum atomic E-state index is 0.444. The summed E-state index contributed by atoms with van der Waals surface area (Å²) in [5.74, 6) is 0.726. The summed E-state index contributed by atoms with van der Waals surface area (Å²) in [5.41, 5.74) is 8.01. The van der Waals surface area contributed by atoms with Crippen LogP contribution in [-0.2, 0) is 19.3 Å². The molecule has 0 heterocycles. The summed E-state index contributed by atoms with van der Waals surface area (Å²) < 4.78 is 0. The Morgan fingerprint density at radius 2 is 1.94 bits per heavy atom. The van der Waals surface area contributed by atoms with Crippen LogP contribution in [0.1, 0.15) is 41.7 Å². The van der Waals surface area contributed by atoms with E-state index in [0.717, 1.165) is 12.3 Å². The van der Waals surface area contributed by atoms with E-state index in [1.165, 1.54) is 29.5 Å². The quantitative estimate of drug-likeness (QED) is 0.675. The van der Waals surface area contributed by atoms with Crippen molar-refractivity contribution >= 4 is 11.6 Å². The molecule has 1 aliphatic rings. The minimum Gasteiger partial charge on any atom is -0.126 e. The zero-order valence-corrected chi connectivity index (χ0v) is 11.5. The van der Waals surface area contributed by atoms with Crippen molar-refractivity contribution in [2.24, 2.45) is 5.41 Å². The number of benzene rings is 1. The lowest BCUT2D eigenvalue weighted by atomic mass is 9.89. The molecule has 0 unspecified atom stereocenters. The molecule has 0 radical (unpaired) electrons. The lowest BCUT2D eigenvalue weighted by Crippen LogP contribution is -2.09. The van der Waals surface area contributed by atoms with E-state index in [1.54, 1.807) is 11.1 Å². The van der Waals surface area contributed by atoms with E-state index in [0.29, 0.717) is 5.41 Å². The number of aryl methyl sites for hydroxylation is 1. The highest BCUT2D eigenvalue weighted by molar-refractivity contribution is 6.18. The van der Waals surface area contributed by atoms with Gasteiger partial charge in [0.15, 0.2) is 0 Å². The molecule has 0 N–H and O–H groups in total. The van der Waals surface area contributed by atoms with Crippen molar-refractivity contribution in [1.82, 2.24) is 0 Å². The fourth-order valence-corrected chi connectivity index (χ4v) is 3.28. The molecule has 0 saturated carbocycles. The van der Waals surface area contributed by atoms with Gasteiger partial charge in [-0.2, -0.15) is 0 Å². The van der Waals surface area contributed by atoms with Crippen LogP contribution in [0.25, 0.3) is 0 Å². The lowest BCUT2D eigenvalue weighted by molar-refractivity contribution is 0.392. The normalized spacial score (nSPS) is 17.6. The molecule has 1 heteroatoms. The molecule has 1 aliphatic carbocycles. The molecule has 88 valence electrons. The fourth-order valence-electron chi connectivity index (χ4n) is 3.09. The minimum absolute atomic E-state index is 0.444. The van der Waals surface area contributed by atoms with E-state index in [9.17, 15) is 0 Å². The smallest absolute Gasteiger partial charge is 0.0264 e. The maximum Gasteiger partial charge on any atom is 0.0264 e. The second kappa shape index (κ2) is 4.07. The molecule has 0 nitrogen and oxygen atoms in total. The highest BCUT2D eigenvalue weighted by Crippen LogP contribution is 2.39. The van der Waals surface area contributed by atoms with E-state index in [4.69, 9.17) is 11.6 Å². The summed E-state index contributed by atoms with van der Waals surface area (Å²) in [7, 11) is 0. The Morgan fingerprint density at radius 3 is 2.56 bits per heavy atom. The molecule has 0 spiro atoms. The van der Waals surface area contributed by atoms with Crippen molar-refractivity contribution in [3.8, 4) is 0 Å². The standard InChI is InChI=1S/C15H21Cl/c1-10-7-12-8-15(3,4)9-14(12)11(2)13(10)5-6-16/h7H,5-6,8-9H2,1-4H3. The summed E-state index contributed by atoms with van der Waals surface area (Å²) in [6.07, 6.45) is 3.46. The number of hydrogen-bond acceptors (Lipinski definition) is 0. The Bertz CT molecular complexity index is 416. The molecular weight excluding hydrogens is 216 g/mol. The van der Waals surface area contributed by atoms with Crippen molar-refractivity contribution < 1.29 is 0 Å². The first-order chi connectivity index (χ1) is 7.44. The van der Waals surface area contributed by atoms with Gasteiger partial charge in [-0.1, -0.05) is 19.9 Å². The lowest BCUT2D eigenvalue weighted by Gasteiger charge is -2.15. The van der Waals surface area contributed by atoms with Gasteiger partial charge in [-0.3, -0.25) is 0 Å². The Labute approximate surface area is 104 Å². The van der Waals surface area contributed by atoms with Gasteiger partial charge in [0.05, 0.1) is 0 Å². The Morgan fingerprint density at radius 1 is 1.25 bits per heavy atom. The predicted octanol–water partition coefficient (Wildman–Crippen LogP) is 4.21. The van der Waals surface area contributed by atoms with Crippen LogP contribution in [0.2, 0.25) is 0 Å². The van der Waals surface area contributed by atoms with Gasteiger partial charge in [-0.25, -0.2) is 0 Å². The van der Waals surface area contributed by atoms with Crippen LogP contribution in [0.15, 0.2) is 6.07 Å². The van der Waals surface area contributed by atoms with Crippen LogP contribution >= 0.6 is 11.6 Å². The van der Waals surface area contributed by atoms with Crippen molar-refractivity contribution in [2.75, 3.05) is 5.88 Å². The average Bonchev–Trinajstić information content (AvgIpc) is 2.48. The first-order valence-corrected chi connectivity index (χ1v) is 6.65. The summed E-state index contributed by atoms with van der Waals surface area (Å²) in [5, 5.41) is 0. The SMILES string of the molecule is Cc1cc2c(c(C)c1CCCl)CC(C)(C)C2. The van der Waals surface area contributed by atoms with Crippen LogP contribution in [0.4, 0.5) is 0 Å². The Balaban J connectivity index is 2.49. The molecule has 0 saturated heterocycles. The third-order valence-electron chi connectivity index (χ3n) is 3.83. The summed E-state index contributed by atoms with van der Waals surface area (Å²) in [6.45, 7) is 9.22. The number of hydrogen-bond donors (Lipinski definition) is 0. The summed E-state index contributed by atoms with van der Waals surface area (Å²) in [4.78, 5) is 0. The number of halogens is 1. The molecule has 0 aliphatic heterocycles. The molecule has 2 rings (SSSR count). The van der Waals surface area contributed by atoms with Crippen LogP contribution in [0.3, 0.4) is 0 Å². The van der Waals surface area contributed by atoms with Crippen LogP contribution in [-0.4, -0.2) is 5.88 Å². The molecule has 0 amide bonds. The van der Waals surface area contributed by atoms with Gasteiger partial charge in [0.25, 0.3) is 0 Å². The maximum absolute atomic E-state index is 5.89. The second-order valence-corrected chi connectivity index (χ2v) is 6.27. The average molecular weight is 237 g/mol. The Hall–Kier alpha value is -0.490. The van der Waals surface area contributed by atoms with Crippen molar-refractivity contribution in [2.45, 2.75) is 47.0 Å². The summed E-state index contributed by atoms with van der Waals surface area (Å²) >= 11 is 5.89. The second-order valence-electron chi connectivity index (χ2n) is 5.89. The third kappa shape index (κ3) is 2.00. The zero-order valence-electron chi connectivity index (χ0n) is 10.8. The van der Waals surface area contributed by atoms with Crippen LogP contribution in [0.5, 0.6) is 0 Å². The zero-order chi connectivity index (χ0) is 11.9. The fraction of sp³-hybridized carbons (Fsp3) is 0.600. The van der Waals surface area contributed by atoms with Gasteiger partial charge in [-0.15, -0.1) is 11.6 Å². The molecule has 0 atom stereocenters. The molecule has 0 fully saturated rings. The molecule has 16 heavy (non-hydrogen) atoms. The highest BCUT2D eigenvalue weighted by atomic mass is 35.5.